The summed E-state index contributed by atoms with van der Waals surface area (Å²) in [5.41, 5.74) is -0.400. The molecule has 0 aromatic carbocycles. The summed E-state index contributed by atoms with van der Waals surface area (Å²) in [7, 11) is 0. The molecule has 0 amide bonds. The van der Waals surface area contributed by atoms with E-state index in [9.17, 15) is 4.79 Å². The second-order valence-electron chi connectivity index (χ2n) is 6.30. The second kappa shape index (κ2) is 9.79. The van der Waals surface area contributed by atoms with Crippen molar-refractivity contribution >= 4 is 17.9 Å². The van der Waals surface area contributed by atoms with Gasteiger partial charge in [0.1, 0.15) is 0 Å². The maximum absolute atomic E-state index is 11.0. The topological polar surface area (TPSA) is 128 Å². The first-order valence-corrected chi connectivity index (χ1v) is 7.07. The molecule has 1 aliphatic rings. The Balaban J connectivity index is 0. The lowest BCUT2D eigenvalue weighted by molar-refractivity contribution is -0.260. The highest BCUT2D eigenvalue weighted by atomic mass is 16.7. The summed E-state index contributed by atoms with van der Waals surface area (Å²) >= 11 is 0. The molecule has 0 atom stereocenters. The van der Waals surface area contributed by atoms with Crippen LogP contribution in [0.2, 0.25) is 0 Å². The summed E-state index contributed by atoms with van der Waals surface area (Å²) in [6, 6.07) is 1.48. The summed E-state index contributed by atoms with van der Waals surface area (Å²) < 4.78 is 0. The van der Waals surface area contributed by atoms with E-state index >= 15 is 0 Å². The number of carbonyl (C=O) groups excluding carboxylic acids is 1. The second-order valence-corrected chi connectivity index (χ2v) is 6.30. The van der Waals surface area contributed by atoms with E-state index in [-0.39, 0.29) is 11.1 Å². The summed E-state index contributed by atoms with van der Waals surface area (Å²) in [4.78, 5) is 34.1. The summed E-state index contributed by atoms with van der Waals surface area (Å²) in [5, 5.41) is 25.0. The van der Waals surface area contributed by atoms with E-state index in [0.29, 0.717) is 0 Å². The Labute approximate surface area is 136 Å². The summed E-state index contributed by atoms with van der Waals surface area (Å²) in [6.07, 6.45) is 3.05. The van der Waals surface area contributed by atoms with Crippen LogP contribution in [0.15, 0.2) is 0 Å². The van der Waals surface area contributed by atoms with Crippen LogP contribution in [0.25, 0.3) is 0 Å². The summed E-state index contributed by atoms with van der Waals surface area (Å²) in [5.74, 6) is -2.50. The lowest BCUT2D eigenvalue weighted by Crippen LogP contribution is -2.58. The van der Waals surface area contributed by atoms with E-state index < -0.39 is 17.9 Å². The third-order valence-electron chi connectivity index (χ3n) is 2.94. The van der Waals surface area contributed by atoms with Crippen molar-refractivity contribution in [2.45, 2.75) is 71.9 Å². The number of carbonyl (C=O) groups is 3. The van der Waals surface area contributed by atoms with Gasteiger partial charge in [0, 0.05) is 13.8 Å². The van der Waals surface area contributed by atoms with Crippen LogP contribution in [-0.4, -0.2) is 44.3 Å². The molecule has 0 saturated carbocycles. The molecule has 0 aromatic heterocycles. The van der Waals surface area contributed by atoms with Gasteiger partial charge in [-0.15, -0.1) is 5.06 Å². The molecule has 8 nitrogen and oxygen atoms in total. The molecule has 1 fully saturated rings. The molecule has 23 heavy (non-hydrogen) atoms. The molecular formula is C15H26N2O6. The van der Waals surface area contributed by atoms with Gasteiger partial charge >= 0.3 is 5.97 Å². The zero-order valence-electron chi connectivity index (χ0n) is 14.5. The Morgan fingerprint density at radius 2 is 1.30 bits per heavy atom. The van der Waals surface area contributed by atoms with Gasteiger partial charge in [0.2, 0.25) is 0 Å². The molecule has 0 aromatic rings. The molecular weight excluding hydrogens is 304 g/mol. The number of rotatable bonds is 1. The zero-order chi connectivity index (χ0) is 18.8. The van der Waals surface area contributed by atoms with E-state index in [1.807, 2.05) is 27.7 Å². The largest absolute Gasteiger partial charge is 0.481 e. The van der Waals surface area contributed by atoms with Gasteiger partial charge in [0.25, 0.3) is 11.9 Å². The highest BCUT2D eigenvalue weighted by Crippen LogP contribution is 2.38. The van der Waals surface area contributed by atoms with Gasteiger partial charge in [-0.05, 0) is 47.0 Å². The Morgan fingerprint density at radius 3 is 1.57 bits per heavy atom. The van der Waals surface area contributed by atoms with Crippen LogP contribution in [0.5, 0.6) is 0 Å². The molecule has 1 rings (SSSR count). The fourth-order valence-corrected chi connectivity index (χ4v) is 2.33. The van der Waals surface area contributed by atoms with Crippen LogP contribution in [-0.2, 0) is 19.2 Å². The van der Waals surface area contributed by atoms with Gasteiger partial charge in [0.05, 0.1) is 11.1 Å². The smallest absolute Gasteiger partial charge is 0.430 e. The molecule has 1 aliphatic heterocycles. The van der Waals surface area contributed by atoms with E-state index in [1.165, 1.54) is 6.07 Å². The van der Waals surface area contributed by atoms with Crippen molar-refractivity contribution in [1.29, 1.82) is 5.26 Å². The number of hydrogen-bond donors (Lipinski definition) is 2. The lowest BCUT2D eigenvalue weighted by Gasteiger charge is -2.49. The van der Waals surface area contributed by atoms with Crippen LogP contribution in [0.1, 0.15) is 60.8 Å². The van der Waals surface area contributed by atoms with Gasteiger partial charge < -0.3 is 15.1 Å². The molecule has 0 bridgehead atoms. The average molecular weight is 330 g/mol. The third-order valence-corrected chi connectivity index (χ3v) is 2.94. The maximum atomic E-state index is 11.0. The predicted molar refractivity (Wildman–Crippen MR) is 82.2 cm³/mol. The first-order valence-electron chi connectivity index (χ1n) is 7.07. The average Bonchev–Trinajstić information content (AvgIpc) is 2.31. The number of carboxylic acid groups (broad SMARTS) is 2. The van der Waals surface area contributed by atoms with Crippen molar-refractivity contribution in [1.82, 2.24) is 5.06 Å². The minimum absolute atomic E-state index is 0.200. The molecule has 132 valence electrons. The lowest BCUT2D eigenvalue weighted by atomic mass is 9.82. The van der Waals surface area contributed by atoms with Gasteiger partial charge in [0.15, 0.2) is 6.07 Å². The SMILES string of the molecule is CC(=O)O.CC(=O)O.CC1(C)CCCC(C)(C)N1OC(=O)C#N. The van der Waals surface area contributed by atoms with Crippen LogP contribution >= 0.6 is 0 Å². The number of nitriles is 1. The van der Waals surface area contributed by atoms with Crippen molar-refractivity contribution in [3.8, 4) is 6.07 Å². The number of hydrogen-bond acceptors (Lipinski definition) is 6. The highest BCUT2D eigenvalue weighted by Gasteiger charge is 2.44. The molecule has 1 heterocycles. The Hall–Kier alpha value is -2.14. The van der Waals surface area contributed by atoms with Crippen LogP contribution in [0.3, 0.4) is 0 Å². The monoisotopic (exact) mass is 330 g/mol. The predicted octanol–water partition coefficient (Wildman–Crippen LogP) is 2.19. The zero-order valence-corrected chi connectivity index (χ0v) is 14.5. The van der Waals surface area contributed by atoms with Crippen molar-refractivity contribution in [3.05, 3.63) is 0 Å². The molecule has 2 N–H and O–H groups in total. The van der Waals surface area contributed by atoms with E-state index in [4.69, 9.17) is 29.9 Å². The minimum Gasteiger partial charge on any atom is -0.481 e. The van der Waals surface area contributed by atoms with E-state index in [2.05, 4.69) is 0 Å². The van der Waals surface area contributed by atoms with E-state index in [1.54, 1.807) is 5.06 Å². The van der Waals surface area contributed by atoms with Crippen molar-refractivity contribution in [3.63, 3.8) is 0 Å². The number of nitrogens with zero attached hydrogens (tertiary/aromatic N) is 2. The fraction of sp³-hybridized carbons (Fsp3) is 0.733. The minimum atomic E-state index is -0.835. The van der Waals surface area contributed by atoms with Gasteiger partial charge in [-0.25, -0.2) is 4.79 Å². The first kappa shape index (κ1) is 23.1. The molecule has 0 unspecified atom stereocenters. The number of carboxylic acids is 2. The number of hydroxylamine groups is 2. The first-order chi connectivity index (χ1) is 10.3. The normalized spacial score (nSPS) is 18.0. The quantitative estimate of drug-likeness (QED) is 0.700. The standard InChI is InChI=1S/C11H18N2O2.2C2H4O2/c1-10(2)6-5-7-11(3,4)13(10)15-9(14)8-12;2*1-2(3)4/h5-7H2,1-4H3;2*1H3,(H,3,4). The van der Waals surface area contributed by atoms with E-state index in [0.717, 1.165) is 33.1 Å². The third kappa shape index (κ3) is 11.1. The molecule has 0 aliphatic carbocycles. The summed E-state index contributed by atoms with van der Waals surface area (Å²) in [6.45, 7) is 10.3. The van der Waals surface area contributed by atoms with Crippen LogP contribution < -0.4 is 0 Å². The number of aliphatic carboxylic acids is 2. The Bertz CT molecular complexity index is 429. The molecule has 1 saturated heterocycles. The van der Waals surface area contributed by atoms with Crippen LogP contribution in [0, 0.1) is 11.3 Å². The molecule has 0 radical (unpaired) electrons. The van der Waals surface area contributed by atoms with Gasteiger partial charge in [-0.1, -0.05) is 0 Å². The van der Waals surface area contributed by atoms with Gasteiger partial charge in [-0.2, -0.15) is 5.26 Å². The molecule has 8 heteroatoms. The highest BCUT2D eigenvalue weighted by molar-refractivity contribution is 5.85. The van der Waals surface area contributed by atoms with Crippen molar-refractivity contribution < 1.29 is 29.4 Å². The van der Waals surface area contributed by atoms with Crippen molar-refractivity contribution in [2.75, 3.05) is 0 Å². The van der Waals surface area contributed by atoms with Gasteiger partial charge in [-0.3, -0.25) is 9.59 Å². The van der Waals surface area contributed by atoms with Crippen molar-refractivity contribution in [2.24, 2.45) is 0 Å². The Kier molecular flexibility index (Phi) is 9.85. The number of piperidine rings is 1. The fourth-order valence-electron chi connectivity index (χ4n) is 2.33. The van der Waals surface area contributed by atoms with Crippen LogP contribution in [0.4, 0.5) is 0 Å². The maximum Gasteiger partial charge on any atom is 0.430 e. The Morgan fingerprint density at radius 1 is 1.00 bits per heavy atom. The molecule has 0 spiro atoms.